The van der Waals surface area contributed by atoms with Gasteiger partial charge >= 0.3 is 11.6 Å². The number of phenols is 1. The molecule has 0 saturated carbocycles. The fraction of sp³-hybridized carbons (Fsp3) is 0.105. The van der Waals surface area contributed by atoms with E-state index in [1.165, 1.54) is 12.1 Å². The Balaban J connectivity index is 1.93. The van der Waals surface area contributed by atoms with Crippen LogP contribution < -0.4 is 5.63 Å². The van der Waals surface area contributed by atoms with E-state index in [2.05, 4.69) is 4.99 Å². The van der Waals surface area contributed by atoms with Crippen molar-refractivity contribution in [2.75, 3.05) is 0 Å². The first-order valence-electron chi connectivity index (χ1n) is 7.74. The number of phenolic OH excluding ortho intramolecular Hbond substituents is 1. The molecule has 7 nitrogen and oxygen atoms in total. The molecule has 3 rings (SSSR count). The summed E-state index contributed by atoms with van der Waals surface area (Å²) < 4.78 is 5.12. The van der Waals surface area contributed by atoms with Crippen LogP contribution in [0.1, 0.15) is 11.1 Å². The molecule has 0 aliphatic carbocycles. The minimum atomic E-state index is -1.18. The number of para-hydroxylation sites is 1. The highest BCUT2D eigenvalue weighted by Gasteiger charge is 2.18. The van der Waals surface area contributed by atoms with Crippen molar-refractivity contribution in [2.24, 2.45) is 4.99 Å². The topological polar surface area (TPSA) is 120 Å². The average Bonchev–Trinajstić information content (AvgIpc) is 2.62. The normalized spacial score (nSPS) is 12.5. The molecule has 1 aromatic heterocycles. The number of benzene rings is 2. The van der Waals surface area contributed by atoms with Gasteiger partial charge in [-0.05, 0) is 29.8 Å². The zero-order valence-electron chi connectivity index (χ0n) is 13.5. The van der Waals surface area contributed by atoms with E-state index >= 15 is 0 Å². The lowest BCUT2D eigenvalue weighted by atomic mass is 10.1. The lowest BCUT2D eigenvalue weighted by Crippen LogP contribution is -2.21. The van der Waals surface area contributed by atoms with Crippen molar-refractivity contribution < 1.29 is 24.5 Å². The van der Waals surface area contributed by atoms with E-state index in [4.69, 9.17) is 4.42 Å². The Morgan fingerprint density at radius 1 is 1.12 bits per heavy atom. The van der Waals surface area contributed by atoms with Crippen LogP contribution in [0.25, 0.3) is 11.0 Å². The Morgan fingerprint density at radius 3 is 2.50 bits per heavy atom. The molecule has 26 heavy (non-hydrogen) atoms. The Labute approximate surface area is 147 Å². The molecule has 0 saturated heterocycles. The molecule has 0 aliphatic heterocycles. The van der Waals surface area contributed by atoms with Crippen LogP contribution in [0.2, 0.25) is 0 Å². The molecule has 0 bridgehead atoms. The molecular weight excluding hydrogens is 338 g/mol. The van der Waals surface area contributed by atoms with E-state index in [9.17, 15) is 24.9 Å². The second kappa shape index (κ2) is 7.10. The van der Waals surface area contributed by atoms with E-state index < -0.39 is 17.6 Å². The van der Waals surface area contributed by atoms with Crippen LogP contribution in [-0.2, 0) is 11.2 Å². The van der Waals surface area contributed by atoms with Gasteiger partial charge in [-0.3, -0.25) is 4.99 Å². The molecule has 0 spiro atoms. The van der Waals surface area contributed by atoms with Crippen LogP contribution in [0.4, 0.5) is 0 Å². The highest BCUT2D eigenvalue weighted by Crippen LogP contribution is 2.25. The number of carbonyl (C=O) groups is 1. The van der Waals surface area contributed by atoms with Crippen molar-refractivity contribution in [3.05, 3.63) is 70.1 Å². The summed E-state index contributed by atoms with van der Waals surface area (Å²) in [5.74, 6) is -1.42. The molecule has 1 unspecified atom stereocenters. The van der Waals surface area contributed by atoms with Crippen LogP contribution >= 0.6 is 0 Å². The Bertz CT molecular complexity index is 1040. The van der Waals surface area contributed by atoms with Crippen LogP contribution in [0.15, 0.2) is 62.7 Å². The van der Waals surface area contributed by atoms with Gasteiger partial charge in [0.25, 0.3) is 0 Å². The van der Waals surface area contributed by atoms with E-state index in [0.29, 0.717) is 10.9 Å². The van der Waals surface area contributed by atoms with Crippen molar-refractivity contribution in [3.63, 3.8) is 0 Å². The molecule has 7 heteroatoms. The molecule has 3 N–H and O–H groups in total. The molecule has 1 atom stereocenters. The first-order chi connectivity index (χ1) is 12.5. The third-order valence-electron chi connectivity index (χ3n) is 3.85. The maximum atomic E-state index is 12.0. The van der Waals surface area contributed by atoms with E-state index in [1.807, 2.05) is 0 Å². The SMILES string of the molecule is O=C(O)C(Cc1ccc(O)cc1)N=Cc1c(O)c2ccccc2oc1=O. The summed E-state index contributed by atoms with van der Waals surface area (Å²) in [5, 5.41) is 29.2. The summed E-state index contributed by atoms with van der Waals surface area (Å²) in [5.41, 5.74) is -0.132. The zero-order chi connectivity index (χ0) is 18.7. The number of rotatable bonds is 5. The molecular formula is C19H15NO6. The van der Waals surface area contributed by atoms with Crippen molar-refractivity contribution in [1.82, 2.24) is 0 Å². The number of nitrogens with zero attached hydrogens (tertiary/aromatic N) is 1. The number of carboxylic acids is 1. The van der Waals surface area contributed by atoms with Gasteiger partial charge in [0.2, 0.25) is 0 Å². The van der Waals surface area contributed by atoms with Gasteiger partial charge in [0, 0.05) is 12.6 Å². The Morgan fingerprint density at radius 2 is 1.81 bits per heavy atom. The lowest BCUT2D eigenvalue weighted by Gasteiger charge is -2.08. The van der Waals surface area contributed by atoms with Gasteiger partial charge in [0.1, 0.15) is 22.6 Å². The number of hydrogen-bond acceptors (Lipinski definition) is 6. The van der Waals surface area contributed by atoms with Gasteiger partial charge in [-0.15, -0.1) is 0 Å². The van der Waals surface area contributed by atoms with Gasteiger partial charge in [0.15, 0.2) is 6.04 Å². The van der Waals surface area contributed by atoms with Crippen molar-refractivity contribution >= 4 is 23.2 Å². The summed E-state index contributed by atoms with van der Waals surface area (Å²) in [6.45, 7) is 0. The first kappa shape index (κ1) is 17.2. The Kier molecular flexibility index (Phi) is 4.70. The first-order valence-corrected chi connectivity index (χ1v) is 7.74. The number of hydrogen-bond donors (Lipinski definition) is 3. The number of aromatic hydroxyl groups is 2. The standard InChI is InChI=1S/C19H15NO6/c21-12-7-5-11(6-8-12)9-15(18(23)24)20-10-14-17(22)13-3-1-2-4-16(13)26-19(14)25/h1-8,10,15,21-22H,9H2,(H,23,24). The van der Waals surface area contributed by atoms with Crippen molar-refractivity contribution in [1.29, 1.82) is 0 Å². The molecule has 1 heterocycles. The predicted molar refractivity (Wildman–Crippen MR) is 95.0 cm³/mol. The van der Waals surface area contributed by atoms with E-state index in [0.717, 1.165) is 6.21 Å². The minimum absolute atomic E-state index is 0.0613. The fourth-order valence-electron chi connectivity index (χ4n) is 2.49. The third-order valence-corrected chi connectivity index (χ3v) is 3.85. The average molecular weight is 353 g/mol. The highest BCUT2D eigenvalue weighted by molar-refractivity contribution is 5.94. The maximum Gasteiger partial charge on any atom is 0.348 e. The van der Waals surface area contributed by atoms with Crippen LogP contribution in [-0.4, -0.2) is 33.5 Å². The third kappa shape index (κ3) is 3.56. The molecule has 0 amide bonds. The van der Waals surface area contributed by atoms with Gasteiger partial charge in [0.05, 0.1) is 5.39 Å². The largest absolute Gasteiger partial charge is 0.508 e. The zero-order valence-corrected chi connectivity index (χ0v) is 13.5. The van der Waals surface area contributed by atoms with Gasteiger partial charge in [-0.2, -0.15) is 0 Å². The quantitative estimate of drug-likeness (QED) is 0.478. The number of aliphatic imine (C=N–C) groups is 1. The fourth-order valence-corrected chi connectivity index (χ4v) is 2.49. The summed E-state index contributed by atoms with van der Waals surface area (Å²) in [4.78, 5) is 27.4. The van der Waals surface area contributed by atoms with Gasteiger partial charge in [-0.1, -0.05) is 24.3 Å². The van der Waals surface area contributed by atoms with Crippen LogP contribution in [0.5, 0.6) is 11.5 Å². The lowest BCUT2D eigenvalue weighted by molar-refractivity contribution is -0.138. The molecule has 132 valence electrons. The van der Waals surface area contributed by atoms with Crippen molar-refractivity contribution in [2.45, 2.75) is 12.5 Å². The van der Waals surface area contributed by atoms with Crippen molar-refractivity contribution in [3.8, 4) is 11.5 Å². The maximum absolute atomic E-state index is 12.0. The number of fused-ring (bicyclic) bond motifs is 1. The number of aliphatic carboxylic acids is 1. The smallest absolute Gasteiger partial charge is 0.348 e. The molecule has 0 fully saturated rings. The second-order valence-corrected chi connectivity index (χ2v) is 5.65. The second-order valence-electron chi connectivity index (χ2n) is 5.65. The molecule has 3 aromatic rings. The summed E-state index contributed by atoms with van der Waals surface area (Å²) in [7, 11) is 0. The summed E-state index contributed by atoms with van der Waals surface area (Å²) in [6.07, 6.45) is 1.08. The minimum Gasteiger partial charge on any atom is -0.508 e. The monoisotopic (exact) mass is 353 g/mol. The Hall–Kier alpha value is -3.61. The van der Waals surface area contributed by atoms with Crippen LogP contribution in [0.3, 0.4) is 0 Å². The summed E-state index contributed by atoms with van der Waals surface area (Å²) >= 11 is 0. The van der Waals surface area contributed by atoms with E-state index in [-0.39, 0.29) is 29.1 Å². The summed E-state index contributed by atoms with van der Waals surface area (Å²) in [6, 6.07) is 11.4. The molecule has 0 aliphatic rings. The molecule has 0 radical (unpaired) electrons. The molecule has 2 aromatic carbocycles. The van der Waals surface area contributed by atoms with Gasteiger partial charge in [-0.25, -0.2) is 9.59 Å². The number of carboxylic acid groups (broad SMARTS) is 1. The van der Waals surface area contributed by atoms with Crippen LogP contribution in [0, 0.1) is 0 Å². The van der Waals surface area contributed by atoms with Gasteiger partial charge < -0.3 is 19.7 Å². The highest BCUT2D eigenvalue weighted by atomic mass is 16.4. The predicted octanol–water partition coefficient (Wildman–Crippen LogP) is 2.32. The van der Waals surface area contributed by atoms with E-state index in [1.54, 1.807) is 36.4 Å².